The molecular formula is C26H35N3O6S. The molecule has 1 aliphatic heterocycles. The zero-order valence-corrected chi connectivity index (χ0v) is 22.5. The number of phenolic OH excluding ortho intramolecular Hbond substituents is 1. The third-order valence-electron chi connectivity index (χ3n) is 5.92. The van der Waals surface area contributed by atoms with E-state index in [9.17, 15) is 18.3 Å². The van der Waals surface area contributed by atoms with Crippen LogP contribution < -0.4 is 14.2 Å². The fraction of sp³-hybridized carbons (Fsp3) is 0.462. The van der Waals surface area contributed by atoms with Gasteiger partial charge >= 0.3 is 0 Å². The van der Waals surface area contributed by atoms with Gasteiger partial charge in [-0.15, -0.1) is 0 Å². The molecule has 1 aliphatic rings. The lowest BCUT2D eigenvalue weighted by atomic mass is 9.84. The number of ether oxygens (including phenoxy) is 2. The number of ketones is 1. The van der Waals surface area contributed by atoms with Gasteiger partial charge in [0, 0.05) is 23.2 Å². The number of hydrogen-bond donors (Lipinski definition) is 3. The summed E-state index contributed by atoms with van der Waals surface area (Å²) in [6.07, 6.45) is 0. The van der Waals surface area contributed by atoms with Crippen molar-refractivity contribution in [3.8, 4) is 17.2 Å². The predicted molar refractivity (Wildman–Crippen MR) is 140 cm³/mol. The van der Waals surface area contributed by atoms with Gasteiger partial charge in [0.15, 0.2) is 17.3 Å². The number of carbonyl (C=O) groups excluding carboxylic acids is 1. The molecule has 9 nitrogen and oxygen atoms in total. The summed E-state index contributed by atoms with van der Waals surface area (Å²) in [5, 5.41) is 19.4. The Hall–Kier alpha value is -3.27. The van der Waals surface area contributed by atoms with Gasteiger partial charge in [-0.2, -0.15) is 0 Å². The maximum Gasteiger partial charge on any atom is 0.232 e. The predicted octanol–water partition coefficient (Wildman–Crippen LogP) is 4.27. The van der Waals surface area contributed by atoms with Crippen LogP contribution in [0.15, 0.2) is 24.3 Å². The molecule has 0 saturated carbocycles. The van der Waals surface area contributed by atoms with E-state index in [1.54, 1.807) is 17.0 Å². The lowest BCUT2D eigenvalue weighted by Gasteiger charge is -2.24. The normalized spacial score (nSPS) is 13.5. The molecule has 1 heterocycles. The molecule has 3 N–H and O–H groups in total. The van der Waals surface area contributed by atoms with Crippen LogP contribution in [0, 0.1) is 5.41 Å². The molecule has 0 fully saturated rings. The number of phenols is 1. The zero-order chi connectivity index (χ0) is 26.8. The van der Waals surface area contributed by atoms with E-state index in [4.69, 9.17) is 14.9 Å². The second-order valence-corrected chi connectivity index (χ2v) is 11.6. The van der Waals surface area contributed by atoms with Crippen LogP contribution in [0.1, 0.15) is 68.6 Å². The van der Waals surface area contributed by atoms with Crippen LogP contribution in [0.5, 0.6) is 17.2 Å². The van der Waals surface area contributed by atoms with Crippen LogP contribution in [0.3, 0.4) is 0 Å². The second-order valence-electron chi connectivity index (χ2n) is 9.63. The minimum Gasteiger partial charge on any atom is -0.505 e. The lowest BCUT2D eigenvalue weighted by Crippen LogP contribution is -2.30. The third kappa shape index (κ3) is 5.75. The number of nitrogens with zero attached hydrogens (tertiary/aromatic N) is 1. The number of carbonyl (C=O) groups is 1. The molecule has 0 amide bonds. The molecule has 3 rings (SSSR count). The van der Waals surface area contributed by atoms with E-state index in [1.807, 2.05) is 40.7 Å². The van der Waals surface area contributed by atoms with Crippen molar-refractivity contribution in [3.05, 3.63) is 46.5 Å². The molecule has 10 heteroatoms. The Kier molecular flexibility index (Phi) is 7.88. The number of fused-ring (bicyclic) bond motifs is 1. The van der Waals surface area contributed by atoms with E-state index in [0.717, 1.165) is 5.56 Å². The third-order valence-corrected chi connectivity index (χ3v) is 7.21. The number of Topliss-reactive ketones (excluding diaryl/α,β-unsaturated/α-hetero) is 1. The molecule has 0 aliphatic carbocycles. The van der Waals surface area contributed by atoms with E-state index in [2.05, 4.69) is 4.72 Å². The molecule has 0 atom stereocenters. The number of amidine groups is 1. The number of anilines is 1. The maximum atomic E-state index is 13.4. The Morgan fingerprint density at radius 1 is 1.08 bits per heavy atom. The molecule has 0 spiro atoms. The average Bonchev–Trinajstić information content (AvgIpc) is 3.09. The van der Waals surface area contributed by atoms with Gasteiger partial charge in [0.05, 0.1) is 31.2 Å². The van der Waals surface area contributed by atoms with Crippen molar-refractivity contribution in [2.45, 2.75) is 53.5 Å². The Labute approximate surface area is 213 Å². The van der Waals surface area contributed by atoms with E-state index in [0.29, 0.717) is 42.4 Å². The van der Waals surface area contributed by atoms with Gasteiger partial charge in [-0.05, 0) is 56.0 Å². The monoisotopic (exact) mass is 517 g/mol. The number of sulfonamides is 1. The summed E-state index contributed by atoms with van der Waals surface area (Å²) in [6, 6.07) is 6.56. The number of hydrogen-bond acceptors (Lipinski definition) is 7. The minimum absolute atomic E-state index is 0.0323. The Morgan fingerprint density at radius 2 is 1.69 bits per heavy atom. The summed E-state index contributed by atoms with van der Waals surface area (Å²) < 4.78 is 38.1. The molecule has 0 bridgehead atoms. The topological polar surface area (TPSA) is 129 Å². The van der Waals surface area contributed by atoms with Crippen molar-refractivity contribution < 1.29 is 27.8 Å². The fourth-order valence-corrected chi connectivity index (χ4v) is 4.66. The molecule has 196 valence electrons. The summed E-state index contributed by atoms with van der Waals surface area (Å²) in [5.41, 5.74) is 1.65. The van der Waals surface area contributed by atoms with Gasteiger partial charge < -0.3 is 19.5 Å². The van der Waals surface area contributed by atoms with Crippen molar-refractivity contribution in [2.24, 2.45) is 0 Å². The molecule has 0 aromatic heterocycles. The first-order chi connectivity index (χ1) is 16.8. The van der Waals surface area contributed by atoms with Crippen molar-refractivity contribution in [2.75, 3.05) is 30.2 Å². The van der Waals surface area contributed by atoms with Crippen molar-refractivity contribution >= 4 is 27.3 Å². The first-order valence-corrected chi connectivity index (χ1v) is 13.6. The van der Waals surface area contributed by atoms with Crippen LogP contribution in [0.25, 0.3) is 0 Å². The Bertz CT molecular complexity index is 1280. The number of benzene rings is 2. The first-order valence-electron chi connectivity index (χ1n) is 12.0. The molecule has 36 heavy (non-hydrogen) atoms. The summed E-state index contributed by atoms with van der Waals surface area (Å²) in [5.74, 6) is 0.669. The summed E-state index contributed by atoms with van der Waals surface area (Å²) in [4.78, 5) is 15.0. The standard InChI is InChI=1S/C26H35N3O6S/c1-7-34-22-12-17-14-29(25(27)18(17)13-23(22)35-8-2)15-21(30)16-10-19(26(4,5)6)24(31)20(11-16)28-36(32,33)9-3/h10-13,27-28,31H,7-9,14-15H2,1-6H3. The lowest BCUT2D eigenvalue weighted by molar-refractivity contribution is 0.0962. The highest BCUT2D eigenvalue weighted by Gasteiger charge is 2.30. The highest BCUT2D eigenvalue weighted by Crippen LogP contribution is 2.39. The van der Waals surface area contributed by atoms with Crippen LogP contribution in [0.4, 0.5) is 5.69 Å². The average molecular weight is 518 g/mol. The molecule has 2 aromatic carbocycles. The molecule has 0 saturated heterocycles. The molecule has 2 aromatic rings. The number of aromatic hydroxyl groups is 1. The van der Waals surface area contributed by atoms with Crippen LogP contribution in [-0.2, 0) is 22.0 Å². The van der Waals surface area contributed by atoms with Crippen LogP contribution in [-0.4, -0.2) is 55.6 Å². The summed E-state index contributed by atoms with van der Waals surface area (Å²) in [7, 11) is -3.67. The largest absolute Gasteiger partial charge is 0.505 e. The maximum absolute atomic E-state index is 13.4. The highest BCUT2D eigenvalue weighted by atomic mass is 32.2. The Balaban J connectivity index is 1.93. The minimum atomic E-state index is -3.67. The van der Waals surface area contributed by atoms with E-state index < -0.39 is 15.4 Å². The van der Waals surface area contributed by atoms with Gasteiger partial charge in [0.25, 0.3) is 0 Å². The van der Waals surface area contributed by atoms with E-state index >= 15 is 0 Å². The van der Waals surface area contributed by atoms with Crippen molar-refractivity contribution in [1.82, 2.24) is 4.90 Å². The quantitative estimate of drug-likeness (QED) is 0.317. The van der Waals surface area contributed by atoms with Gasteiger partial charge in [-0.1, -0.05) is 20.8 Å². The molecule has 0 radical (unpaired) electrons. The van der Waals surface area contributed by atoms with Gasteiger partial charge in [0.2, 0.25) is 10.0 Å². The van der Waals surface area contributed by atoms with Crippen LogP contribution >= 0.6 is 0 Å². The smallest absolute Gasteiger partial charge is 0.232 e. The van der Waals surface area contributed by atoms with Crippen LogP contribution in [0.2, 0.25) is 0 Å². The highest BCUT2D eigenvalue weighted by molar-refractivity contribution is 7.92. The van der Waals surface area contributed by atoms with Gasteiger partial charge in [-0.25, -0.2) is 8.42 Å². The summed E-state index contributed by atoms with van der Waals surface area (Å²) in [6.45, 7) is 12.0. The zero-order valence-electron chi connectivity index (χ0n) is 21.7. The number of rotatable bonds is 10. The van der Waals surface area contributed by atoms with E-state index in [-0.39, 0.29) is 40.9 Å². The summed E-state index contributed by atoms with van der Waals surface area (Å²) >= 11 is 0. The Morgan fingerprint density at radius 3 is 2.25 bits per heavy atom. The fourth-order valence-electron chi connectivity index (χ4n) is 4.03. The van der Waals surface area contributed by atoms with E-state index in [1.165, 1.54) is 13.0 Å². The van der Waals surface area contributed by atoms with Crippen molar-refractivity contribution in [3.63, 3.8) is 0 Å². The molecule has 0 unspecified atom stereocenters. The second kappa shape index (κ2) is 10.4. The number of nitrogens with one attached hydrogen (secondary N) is 2. The van der Waals surface area contributed by atoms with Gasteiger partial charge in [0.1, 0.15) is 11.6 Å². The van der Waals surface area contributed by atoms with Crippen molar-refractivity contribution in [1.29, 1.82) is 5.41 Å². The molecular weight excluding hydrogens is 482 g/mol. The van der Waals surface area contributed by atoms with Gasteiger partial charge in [-0.3, -0.25) is 14.9 Å². The first kappa shape index (κ1) is 27.3. The SMILES string of the molecule is CCOc1cc2c(cc1OCC)C(=N)N(CC(=O)c1cc(NS(=O)(=O)CC)c(O)c(C(C)(C)C)c1)C2.